The average Bonchev–Trinajstić information content (AvgIpc) is 2.27. The molecular weight excluding hydrogens is 192 g/mol. The molecule has 2 atom stereocenters. The van der Waals surface area contributed by atoms with Crippen molar-refractivity contribution in [2.75, 3.05) is 20.2 Å². The van der Waals surface area contributed by atoms with E-state index in [9.17, 15) is 4.79 Å². The minimum Gasteiger partial charge on any atom is -0.380 e. The van der Waals surface area contributed by atoms with E-state index in [-0.39, 0.29) is 24.0 Å². The van der Waals surface area contributed by atoms with Crippen LogP contribution in [0.15, 0.2) is 0 Å². The highest BCUT2D eigenvalue weighted by atomic mass is 16.5. The van der Waals surface area contributed by atoms with Crippen molar-refractivity contribution in [2.24, 2.45) is 11.7 Å². The molecule has 0 spiro atoms. The first-order chi connectivity index (χ1) is 7.06. The third-order valence-corrected chi connectivity index (χ3v) is 3.03. The van der Waals surface area contributed by atoms with Gasteiger partial charge in [0, 0.05) is 20.2 Å². The Morgan fingerprint density at radius 1 is 1.53 bits per heavy atom. The van der Waals surface area contributed by atoms with Crippen LogP contribution in [0.25, 0.3) is 0 Å². The second kappa shape index (κ2) is 5.47. The van der Waals surface area contributed by atoms with Crippen molar-refractivity contribution >= 4 is 5.91 Å². The van der Waals surface area contributed by atoms with Gasteiger partial charge >= 0.3 is 0 Å². The number of methoxy groups -OCH3 is 1. The molecule has 1 fully saturated rings. The topological polar surface area (TPSA) is 55.6 Å². The Morgan fingerprint density at radius 2 is 2.20 bits per heavy atom. The third kappa shape index (κ3) is 3.18. The van der Waals surface area contributed by atoms with Gasteiger partial charge in [0.2, 0.25) is 5.91 Å². The lowest BCUT2D eigenvalue weighted by Crippen LogP contribution is -2.51. The summed E-state index contributed by atoms with van der Waals surface area (Å²) in [6.07, 6.45) is 2.23. The van der Waals surface area contributed by atoms with E-state index in [1.54, 1.807) is 7.11 Å². The Hall–Kier alpha value is -0.610. The zero-order chi connectivity index (χ0) is 11.4. The van der Waals surface area contributed by atoms with Crippen molar-refractivity contribution < 1.29 is 9.53 Å². The molecule has 15 heavy (non-hydrogen) atoms. The number of piperidine rings is 1. The number of hydrogen-bond donors (Lipinski definition) is 1. The van der Waals surface area contributed by atoms with Crippen molar-refractivity contribution in [1.82, 2.24) is 4.90 Å². The lowest BCUT2D eigenvalue weighted by atomic mass is 10.0. The fraction of sp³-hybridized carbons (Fsp3) is 0.909. The van der Waals surface area contributed by atoms with E-state index in [0.29, 0.717) is 6.54 Å². The molecule has 0 radical (unpaired) electrons. The first-order valence-electron chi connectivity index (χ1n) is 5.63. The van der Waals surface area contributed by atoms with E-state index in [1.165, 1.54) is 0 Å². The van der Waals surface area contributed by atoms with E-state index in [4.69, 9.17) is 10.5 Å². The van der Waals surface area contributed by atoms with Gasteiger partial charge in [-0.25, -0.2) is 0 Å². The van der Waals surface area contributed by atoms with Crippen molar-refractivity contribution in [3.8, 4) is 0 Å². The van der Waals surface area contributed by atoms with Gasteiger partial charge in [0.15, 0.2) is 0 Å². The molecule has 88 valence electrons. The Labute approximate surface area is 91.8 Å². The third-order valence-electron chi connectivity index (χ3n) is 3.03. The number of ether oxygens (including phenoxy) is 1. The van der Waals surface area contributed by atoms with Crippen LogP contribution < -0.4 is 5.73 Å². The van der Waals surface area contributed by atoms with Gasteiger partial charge in [-0.15, -0.1) is 0 Å². The van der Waals surface area contributed by atoms with Crippen molar-refractivity contribution in [3.63, 3.8) is 0 Å². The largest absolute Gasteiger partial charge is 0.380 e. The second-order valence-corrected chi connectivity index (χ2v) is 4.55. The van der Waals surface area contributed by atoms with Crippen LogP contribution in [0.2, 0.25) is 0 Å². The van der Waals surface area contributed by atoms with E-state index in [2.05, 4.69) is 0 Å². The Morgan fingerprint density at radius 3 is 2.73 bits per heavy atom. The molecule has 0 aliphatic carbocycles. The van der Waals surface area contributed by atoms with E-state index >= 15 is 0 Å². The van der Waals surface area contributed by atoms with Crippen LogP contribution >= 0.6 is 0 Å². The summed E-state index contributed by atoms with van der Waals surface area (Å²) in [5.41, 5.74) is 5.85. The van der Waals surface area contributed by atoms with Crippen LogP contribution in [0.3, 0.4) is 0 Å². The summed E-state index contributed by atoms with van der Waals surface area (Å²) in [6.45, 7) is 5.45. The monoisotopic (exact) mass is 214 g/mol. The molecule has 1 amide bonds. The number of hydrogen-bond acceptors (Lipinski definition) is 3. The zero-order valence-corrected chi connectivity index (χ0v) is 9.90. The number of nitrogens with two attached hydrogens (primary N) is 1. The van der Waals surface area contributed by atoms with Crippen LogP contribution in [-0.2, 0) is 9.53 Å². The smallest absolute Gasteiger partial charge is 0.239 e. The predicted octanol–water partition coefficient (Wildman–Crippen LogP) is 0.607. The Bertz CT molecular complexity index is 219. The van der Waals surface area contributed by atoms with Gasteiger partial charge in [-0.2, -0.15) is 0 Å². The van der Waals surface area contributed by atoms with Crippen molar-refractivity contribution in [3.05, 3.63) is 0 Å². The maximum atomic E-state index is 11.9. The molecule has 0 bridgehead atoms. The highest BCUT2D eigenvalue weighted by molar-refractivity contribution is 5.82. The molecule has 1 saturated heterocycles. The highest BCUT2D eigenvalue weighted by Gasteiger charge is 2.28. The van der Waals surface area contributed by atoms with Crippen LogP contribution in [-0.4, -0.2) is 43.2 Å². The molecule has 0 aromatic rings. The molecule has 1 rings (SSSR count). The lowest BCUT2D eigenvalue weighted by Gasteiger charge is -2.34. The molecule has 4 nitrogen and oxygen atoms in total. The van der Waals surface area contributed by atoms with Crippen molar-refractivity contribution in [2.45, 2.75) is 38.8 Å². The van der Waals surface area contributed by atoms with Gasteiger partial charge in [0.05, 0.1) is 12.1 Å². The predicted molar refractivity (Wildman–Crippen MR) is 59.4 cm³/mol. The minimum absolute atomic E-state index is 0.0618. The fourth-order valence-corrected chi connectivity index (χ4v) is 1.83. The quantitative estimate of drug-likeness (QED) is 0.749. The Balaban J connectivity index is 2.52. The standard InChI is InChI=1S/C11H22N2O2/c1-8(2)10(12)11(14)13-6-4-5-9(7-13)15-3/h8-10H,4-7,12H2,1-3H3. The average molecular weight is 214 g/mol. The van der Waals surface area contributed by atoms with Crippen LogP contribution in [0, 0.1) is 5.92 Å². The molecule has 1 aliphatic rings. The molecule has 0 saturated carbocycles. The minimum atomic E-state index is -0.374. The van der Waals surface area contributed by atoms with E-state index < -0.39 is 0 Å². The number of carbonyl (C=O) groups is 1. The lowest BCUT2D eigenvalue weighted by molar-refractivity contribution is -0.137. The summed E-state index contributed by atoms with van der Waals surface area (Å²) in [5.74, 6) is 0.257. The summed E-state index contributed by atoms with van der Waals surface area (Å²) in [4.78, 5) is 13.8. The van der Waals surface area contributed by atoms with Gasteiger partial charge in [-0.1, -0.05) is 13.8 Å². The maximum Gasteiger partial charge on any atom is 0.239 e. The summed E-state index contributed by atoms with van der Waals surface area (Å²) >= 11 is 0. The number of likely N-dealkylation sites (tertiary alicyclic amines) is 1. The maximum absolute atomic E-state index is 11.9. The molecule has 4 heteroatoms. The summed E-state index contributed by atoms with van der Waals surface area (Å²) < 4.78 is 5.28. The number of rotatable bonds is 3. The van der Waals surface area contributed by atoms with Crippen LogP contribution in [0.1, 0.15) is 26.7 Å². The first kappa shape index (κ1) is 12.5. The number of amides is 1. The molecule has 0 aromatic heterocycles. The van der Waals surface area contributed by atoms with Gasteiger partial charge in [0.25, 0.3) is 0 Å². The summed E-state index contributed by atoms with van der Waals surface area (Å²) in [7, 11) is 1.70. The molecular formula is C11H22N2O2. The SMILES string of the molecule is COC1CCCN(C(=O)C(N)C(C)C)C1. The zero-order valence-electron chi connectivity index (χ0n) is 9.90. The van der Waals surface area contributed by atoms with Crippen molar-refractivity contribution in [1.29, 1.82) is 0 Å². The molecule has 1 aliphatic heterocycles. The van der Waals surface area contributed by atoms with Crippen LogP contribution in [0.5, 0.6) is 0 Å². The first-order valence-corrected chi connectivity index (χ1v) is 5.63. The molecule has 0 aromatic carbocycles. The Kier molecular flexibility index (Phi) is 4.54. The summed E-state index contributed by atoms with van der Waals surface area (Å²) in [6, 6.07) is -0.374. The van der Waals surface area contributed by atoms with E-state index in [0.717, 1.165) is 19.4 Å². The second-order valence-electron chi connectivity index (χ2n) is 4.55. The van der Waals surface area contributed by atoms with Gasteiger partial charge in [0.1, 0.15) is 0 Å². The van der Waals surface area contributed by atoms with Gasteiger partial charge in [-0.3, -0.25) is 4.79 Å². The molecule has 1 heterocycles. The fourth-order valence-electron chi connectivity index (χ4n) is 1.83. The highest BCUT2D eigenvalue weighted by Crippen LogP contribution is 2.14. The molecule has 2 unspecified atom stereocenters. The normalized spacial score (nSPS) is 24.3. The summed E-state index contributed by atoms with van der Waals surface area (Å²) in [5, 5.41) is 0. The van der Waals surface area contributed by atoms with Gasteiger partial charge < -0.3 is 15.4 Å². The van der Waals surface area contributed by atoms with E-state index in [1.807, 2.05) is 18.7 Å². The molecule has 2 N–H and O–H groups in total. The van der Waals surface area contributed by atoms with Crippen LogP contribution in [0.4, 0.5) is 0 Å². The number of nitrogens with zero attached hydrogens (tertiary/aromatic N) is 1. The number of carbonyl (C=O) groups excluding carboxylic acids is 1. The van der Waals surface area contributed by atoms with Gasteiger partial charge in [-0.05, 0) is 18.8 Å².